The molecular weight excluding hydrogens is 322 g/mol. The summed E-state index contributed by atoms with van der Waals surface area (Å²) in [6.07, 6.45) is 3.08. The molecule has 1 amide bonds. The highest BCUT2D eigenvalue weighted by molar-refractivity contribution is 7.19. The van der Waals surface area contributed by atoms with Crippen molar-refractivity contribution in [2.75, 3.05) is 6.54 Å². The van der Waals surface area contributed by atoms with Crippen LogP contribution in [0.2, 0.25) is 0 Å². The zero-order chi connectivity index (χ0) is 16.5. The highest BCUT2D eigenvalue weighted by atomic mass is 32.1. The number of rotatable bonds is 5. The van der Waals surface area contributed by atoms with Crippen molar-refractivity contribution in [3.63, 3.8) is 0 Å². The van der Waals surface area contributed by atoms with Crippen molar-refractivity contribution in [2.24, 2.45) is 0 Å². The van der Waals surface area contributed by atoms with Crippen LogP contribution in [0.15, 0.2) is 42.6 Å². The fraction of sp³-hybridized carbons (Fsp3) is 0.278. The Hall–Kier alpha value is -2.31. The molecule has 5 nitrogen and oxygen atoms in total. The van der Waals surface area contributed by atoms with E-state index in [0.717, 1.165) is 33.6 Å². The highest BCUT2D eigenvalue weighted by Gasteiger charge is 2.27. The monoisotopic (exact) mass is 339 g/mol. The molecule has 1 atom stereocenters. The summed E-state index contributed by atoms with van der Waals surface area (Å²) in [5, 5.41) is 14.2. The van der Waals surface area contributed by atoms with E-state index in [1.165, 1.54) is 0 Å². The van der Waals surface area contributed by atoms with Crippen LogP contribution < -0.4 is 5.32 Å². The molecule has 1 unspecified atom stereocenters. The van der Waals surface area contributed by atoms with Crippen molar-refractivity contribution < 1.29 is 9.90 Å². The van der Waals surface area contributed by atoms with Gasteiger partial charge in [-0.05, 0) is 36.4 Å². The molecule has 4 rings (SSSR count). The minimum absolute atomic E-state index is 0.161. The number of aliphatic hydroxyl groups is 1. The van der Waals surface area contributed by atoms with Gasteiger partial charge < -0.3 is 10.4 Å². The zero-order valence-electron chi connectivity index (χ0n) is 13.0. The van der Waals surface area contributed by atoms with E-state index < -0.39 is 6.10 Å². The van der Waals surface area contributed by atoms with Crippen LogP contribution in [0.5, 0.6) is 0 Å². The van der Waals surface area contributed by atoms with E-state index in [1.54, 1.807) is 23.6 Å². The van der Waals surface area contributed by atoms with E-state index in [2.05, 4.69) is 15.3 Å². The molecule has 2 heterocycles. The molecule has 122 valence electrons. The van der Waals surface area contributed by atoms with Crippen LogP contribution in [-0.4, -0.2) is 27.5 Å². The van der Waals surface area contributed by atoms with Crippen LogP contribution in [0.4, 0.5) is 0 Å². The molecule has 1 aliphatic rings. The number of carbonyl (C=O) groups excluding carboxylic acids is 1. The number of amides is 1. The van der Waals surface area contributed by atoms with E-state index in [-0.39, 0.29) is 12.5 Å². The lowest BCUT2D eigenvalue weighted by Gasteiger charge is -2.10. The molecule has 3 aromatic rings. The predicted octanol–water partition coefficient (Wildman–Crippen LogP) is 3.03. The van der Waals surface area contributed by atoms with Crippen LogP contribution in [0.25, 0.3) is 10.1 Å². The van der Waals surface area contributed by atoms with Crippen LogP contribution in [0.1, 0.15) is 46.1 Å². The Bertz CT molecular complexity index is 856. The van der Waals surface area contributed by atoms with Gasteiger partial charge in [0, 0.05) is 28.2 Å². The molecule has 6 heteroatoms. The van der Waals surface area contributed by atoms with E-state index in [4.69, 9.17) is 0 Å². The Labute approximate surface area is 143 Å². The smallest absolute Gasteiger partial charge is 0.270 e. The summed E-state index contributed by atoms with van der Waals surface area (Å²) < 4.78 is 1.13. The molecule has 0 aliphatic heterocycles. The molecular formula is C18H17N3O2S. The lowest BCUT2D eigenvalue weighted by molar-refractivity contribution is 0.0912. The normalized spacial score (nSPS) is 15.4. The Morgan fingerprint density at radius 2 is 2.17 bits per heavy atom. The fourth-order valence-corrected chi connectivity index (χ4v) is 3.64. The average Bonchev–Trinajstić information content (AvgIpc) is 3.38. The predicted molar refractivity (Wildman–Crippen MR) is 93.1 cm³/mol. The number of fused-ring (bicyclic) bond motifs is 1. The van der Waals surface area contributed by atoms with Gasteiger partial charge in [-0.2, -0.15) is 0 Å². The number of carbonyl (C=O) groups is 1. The summed E-state index contributed by atoms with van der Waals surface area (Å²) in [4.78, 5) is 21.6. The summed E-state index contributed by atoms with van der Waals surface area (Å²) in [7, 11) is 0. The molecule has 1 aromatic carbocycles. The van der Waals surface area contributed by atoms with Crippen LogP contribution in [-0.2, 0) is 0 Å². The summed E-state index contributed by atoms with van der Waals surface area (Å²) >= 11 is 1.54. The summed E-state index contributed by atoms with van der Waals surface area (Å²) in [5.74, 6) is 0.869. The Balaban J connectivity index is 1.42. The number of aromatic nitrogens is 2. The maximum Gasteiger partial charge on any atom is 0.270 e. The van der Waals surface area contributed by atoms with Crippen LogP contribution >= 0.6 is 11.3 Å². The summed E-state index contributed by atoms with van der Waals surface area (Å²) in [6, 6.07) is 11.6. The van der Waals surface area contributed by atoms with Crippen molar-refractivity contribution in [3.05, 3.63) is 59.0 Å². The standard InChI is InChI=1S/C18H17N3O2S/c22-14(16-9-12-3-1-2-4-15(12)24-16)10-20-18(23)13-7-8-19-17(21-13)11-5-6-11/h1-4,7-9,11,14,22H,5-6,10H2,(H,20,23). The SMILES string of the molecule is O=C(NCC(O)c1cc2ccccc2s1)c1ccnc(C2CC2)n1. The maximum absolute atomic E-state index is 12.2. The zero-order valence-corrected chi connectivity index (χ0v) is 13.8. The van der Waals surface area contributed by atoms with E-state index >= 15 is 0 Å². The third-order valence-corrected chi connectivity index (χ3v) is 5.30. The van der Waals surface area contributed by atoms with Crippen LogP contribution in [0.3, 0.4) is 0 Å². The minimum Gasteiger partial charge on any atom is -0.386 e. The van der Waals surface area contributed by atoms with Gasteiger partial charge in [-0.25, -0.2) is 9.97 Å². The number of hydrogen-bond acceptors (Lipinski definition) is 5. The number of thiophene rings is 1. The fourth-order valence-electron chi connectivity index (χ4n) is 2.59. The molecule has 24 heavy (non-hydrogen) atoms. The van der Waals surface area contributed by atoms with Gasteiger partial charge in [-0.15, -0.1) is 11.3 Å². The highest BCUT2D eigenvalue weighted by Crippen LogP contribution is 2.37. The molecule has 0 spiro atoms. The van der Waals surface area contributed by atoms with Gasteiger partial charge in [0.15, 0.2) is 0 Å². The number of hydrogen-bond donors (Lipinski definition) is 2. The largest absolute Gasteiger partial charge is 0.386 e. The lowest BCUT2D eigenvalue weighted by Crippen LogP contribution is -2.29. The van der Waals surface area contributed by atoms with E-state index in [1.807, 2.05) is 30.3 Å². The number of benzene rings is 1. The van der Waals surface area contributed by atoms with Gasteiger partial charge >= 0.3 is 0 Å². The first kappa shape index (κ1) is 15.2. The quantitative estimate of drug-likeness (QED) is 0.749. The number of nitrogens with one attached hydrogen (secondary N) is 1. The molecule has 1 saturated carbocycles. The van der Waals surface area contributed by atoms with Gasteiger partial charge in [0.25, 0.3) is 5.91 Å². The maximum atomic E-state index is 12.2. The average molecular weight is 339 g/mol. The Kier molecular flexibility index (Phi) is 4.00. The minimum atomic E-state index is -0.726. The first-order chi connectivity index (χ1) is 11.7. The molecule has 2 N–H and O–H groups in total. The van der Waals surface area contributed by atoms with Crippen molar-refractivity contribution in [3.8, 4) is 0 Å². The Morgan fingerprint density at radius 3 is 2.96 bits per heavy atom. The van der Waals surface area contributed by atoms with Crippen molar-refractivity contribution in [2.45, 2.75) is 24.9 Å². The molecule has 0 radical (unpaired) electrons. The number of nitrogens with zero attached hydrogens (tertiary/aromatic N) is 2. The third-order valence-electron chi connectivity index (χ3n) is 4.08. The van der Waals surface area contributed by atoms with Gasteiger partial charge in [0.2, 0.25) is 0 Å². The third kappa shape index (κ3) is 3.16. The van der Waals surface area contributed by atoms with Crippen molar-refractivity contribution in [1.82, 2.24) is 15.3 Å². The molecule has 0 saturated heterocycles. The second-order valence-corrected chi connectivity index (χ2v) is 7.10. The van der Waals surface area contributed by atoms with Crippen molar-refractivity contribution >= 4 is 27.3 Å². The van der Waals surface area contributed by atoms with E-state index in [9.17, 15) is 9.90 Å². The van der Waals surface area contributed by atoms with Gasteiger partial charge in [-0.1, -0.05) is 18.2 Å². The van der Waals surface area contributed by atoms with Crippen LogP contribution in [0, 0.1) is 0 Å². The molecule has 2 aromatic heterocycles. The van der Waals surface area contributed by atoms with Gasteiger partial charge in [0.1, 0.15) is 17.6 Å². The first-order valence-corrected chi connectivity index (χ1v) is 8.80. The van der Waals surface area contributed by atoms with E-state index in [0.29, 0.717) is 11.6 Å². The lowest BCUT2D eigenvalue weighted by atomic mass is 10.2. The second kappa shape index (κ2) is 6.30. The molecule has 1 aliphatic carbocycles. The molecule has 1 fully saturated rings. The van der Waals surface area contributed by atoms with Gasteiger partial charge in [-0.3, -0.25) is 4.79 Å². The van der Waals surface area contributed by atoms with Gasteiger partial charge in [0.05, 0.1) is 0 Å². The van der Waals surface area contributed by atoms with Crippen molar-refractivity contribution in [1.29, 1.82) is 0 Å². The number of aliphatic hydroxyl groups excluding tert-OH is 1. The molecule has 0 bridgehead atoms. The second-order valence-electron chi connectivity index (χ2n) is 5.99. The Morgan fingerprint density at radius 1 is 1.33 bits per heavy atom. The first-order valence-electron chi connectivity index (χ1n) is 7.98. The topological polar surface area (TPSA) is 75.1 Å². The summed E-state index contributed by atoms with van der Waals surface area (Å²) in [6.45, 7) is 0.161. The summed E-state index contributed by atoms with van der Waals surface area (Å²) in [5.41, 5.74) is 0.357.